The fourth-order valence-electron chi connectivity index (χ4n) is 2.64. The molecule has 0 atom stereocenters. The van der Waals surface area contributed by atoms with Gasteiger partial charge in [0.15, 0.2) is 11.5 Å². The molecule has 29 heavy (non-hydrogen) atoms. The summed E-state index contributed by atoms with van der Waals surface area (Å²) in [6, 6.07) is 11.6. The van der Waals surface area contributed by atoms with Crippen molar-refractivity contribution < 1.29 is 14.3 Å². The molecule has 1 aliphatic heterocycles. The summed E-state index contributed by atoms with van der Waals surface area (Å²) < 4.78 is 13.8. The minimum absolute atomic E-state index is 0.120. The van der Waals surface area contributed by atoms with Gasteiger partial charge in [0.25, 0.3) is 5.91 Å². The predicted molar refractivity (Wildman–Crippen MR) is 129 cm³/mol. The molecule has 1 heterocycles. The quantitative estimate of drug-likeness (QED) is 0.232. The molecule has 0 N–H and O–H groups in total. The molecule has 3 rings (SSSR count). The molecule has 2 aromatic carbocycles. The Kier molecular flexibility index (Phi) is 7.56. The molecule has 2 aromatic rings. The summed E-state index contributed by atoms with van der Waals surface area (Å²) in [5.41, 5.74) is 1.85. The van der Waals surface area contributed by atoms with Crippen LogP contribution in [0.2, 0.25) is 0 Å². The zero-order valence-corrected chi connectivity index (χ0v) is 20.3. The van der Waals surface area contributed by atoms with Gasteiger partial charge in [-0.3, -0.25) is 9.69 Å². The number of amides is 1. The fourth-order valence-corrected chi connectivity index (χ4v) is 4.75. The SMILES string of the molecule is C=CCN1C(=O)/C(=C/c2cc(Br)c(OCc3ccc(Br)cc3)c(OC)c2)SC1=S. The lowest BCUT2D eigenvalue weighted by atomic mass is 10.1. The van der Waals surface area contributed by atoms with Crippen LogP contribution in [0.25, 0.3) is 6.08 Å². The van der Waals surface area contributed by atoms with Crippen molar-refractivity contribution in [2.75, 3.05) is 13.7 Å². The molecule has 1 aliphatic rings. The summed E-state index contributed by atoms with van der Waals surface area (Å²) in [6.45, 7) is 4.47. The Morgan fingerprint density at radius 1 is 1.24 bits per heavy atom. The van der Waals surface area contributed by atoms with Gasteiger partial charge in [-0.25, -0.2) is 0 Å². The number of hydrogen-bond acceptors (Lipinski definition) is 5. The van der Waals surface area contributed by atoms with Crippen LogP contribution in [0.3, 0.4) is 0 Å². The number of nitrogens with zero attached hydrogens (tertiary/aromatic N) is 1. The van der Waals surface area contributed by atoms with E-state index < -0.39 is 0 Å². The van der Waals surface area contributed by atoms with Crippen molar-refractivity contribution in [2.45, 2.75) is 6.61 Å². The van der Waals surface area contributed by atoms with Crippen LogP contribution >= 0.6 is 55.8 Å². The predicted octanol–water partition coefficient (Wildman–Crippen LogP) is 6.19. The number of carbonyl (C=O) groups is 1. The summed E-state index contributed by atoms with van der Waals surface area (Å²) in [5.74, 6) is 1.06. The Bertz CT molecular complexity index is 990. The molecule has 0 saturated carbocycles. The lowest BCUT2D eigenvalue weighted by molar-refractivity contribution is -0.121. The number of thiocarbonyl (C=S) groups is 1. The van der Waals surface area contributed by atoms with Crippen LogP contribution < -0.4 is 9.47 Å². The second-order valence-electron chi connectivity index (χ2n) is 6.03. The maximum Gasteiger partial charge on any atom is 0.266 e. The first kappa shape index (κ1) is 22.1. The van der Waals surface area contributed by atoms with E-state index in [1.54, 1.807) is 19.3 Å². The van der Waals surface area contributed by atoms with E-state index in [-0.39, 0.29) is 5.91 Å². The highest BCUT2D eigenvalue weighted by molar-refractivity contribution is 9.10. The van der Waals surface area contributed by atoms with Crippen LogP contribution in [0, 0.1) is 0 Å². The molecule has 0 bridgehead atoms. The Morgan fingerprint density at radius 3 is 2.62 bits per heavy atom. The van der Waals surface area contributed by atoms with Crippen LogP contribution in [-0.2, 0) is 11.4 Å². The standard InChI is InChI=1S/C21H17Br2NO3S2/c1-3-8-24-20(25)18(29-21(24)28)11-14-9-16(23)19(17(10-14)26-2)27-12-13-4-6-15(22)7-5-13/h3-7,9-11H,1,8,12H2,2H3/b18-11-. The van der Waals surface area contributed by atoms with E-state index in [9.17, 15) is 4.79 Å². The zero-order valence-electron chi connectivity index (χ0n) is 15.5. The highest BCUT2D eigenvalue weighted by atomic mass is 79.9. The maximum atomic E-state index is 12.5. The lowest BCUT2D eigenvalue weighted by Gasteiger charge is -2.14. The van der Waals surface area contributed by atoms with Gasteiger partial charge in [0, 0.05) is 11.0 Å². The summed E-state index contributed by atoms with van der Waals surface area (Å²) in [4.78, 5) is 14.6. The number of hydrogen-bond donors (Lipinski definition) is 0. The van der Waals surface area contributed by atoms with Gasteiger partial charge in [0.2, 0.25) is 0 Å². The first-order valence-corrected chi connectivity index (χ1v) is 11.3. The fraction of sp³-hybridized carbons (Fsp3) is 0.143. The summed E-state index contributed by atoms with van der Waals surface area (Å²) in [6.07, 6.45) is 3.46. The Balaban J connectivity index is 1.83. The Labute approximate surface area is 196 Å². The molecule has 8 heteroatoms. The van der Waals surface area contributed by atoms with E-state index >= 15 is 0 Å². The van der Waals surface area contributed by atoms with Crippen molar-refractivity contribution in [3.63, 3.8) is 0 Å². The monoisotopic (exact) mass is 553 g/mol. The number of methoxy groups -OCH3 is 1. The van der Waals surface area contributed by atoms with Gasteiger partial charge < -0.3 is 9.47 Å². The van der Waals surface area contributed by atoms with Gasteiger partial charge in [-0.05, 0) is 57.4 Å². The van der Waals surface area contributed by atoms with Gasteiger partial charge in [-0.2, -0.15) is 0 Å². The Hall–Kier alpha value is -1.61. The number of carbonyl (C=O) groups excluding carboxylic acids is 1. The molecular formula is C21H17Br2NO3S2. The minimum atomic E-state index is -0.120. The van der Waals surface area contributed by atoms with Crippen molar-refractivity contribution >= 4 is 72.1 Å². The van der Waals surface area contributed by atoms with E-state index in [1.807, 2.05) is 36.4 Å². The number of halogens is 2. The molecular weight excluding hydrogens is 538 g/mol. The largest absolute Gasteiger partial charge is 0.493 e. The summed E-state index contributed by atoms with van der Waals surface area (Å²) in [7, 11) is 1.58. The molecule has 150 valence electrons. The maximum absolute atomic E-state index is 12.5. The van der Waals surface area contributed by atoms with Gasteiger partial charge in [-0.15, -0.1) is 6.58 Å². The zero-order chi connectivity index (χ0) is 21.0. The molecule has 0 aromatic heterocycles. The molecule has 1 fully saturated rings. The average Bonchev–Trinajstić information content (AvgIpc) is 2.96. The topological polar surface area (TPSA) is 38.8 Å². The van der Waals surface area contributed by atoms with Gasteiger partial charge in [-0.1, -0.05) is 58.1 Å². The molecule has 1 amide bonds. The van der Waals surface area contributed by atoms with Crippen molar-refractivity contribution in [3.8, 4) is 11.5 Å². The van der Waals surface area contributed by atoms with Gasteiger partial charge in [0.05, 0.1) is 16.5 Å². The van der Waals surface area contributed by atoms with E-state index in [1.165, 1.54) is 16.7 Å². The molecule has 0 radical (unpaired) electrons. The molecule has 1 saturated heterocycles. The van der Waals surface area contributed by atoms with Crippen molar-refractivity contribution in [3.05, 3.63) is 74.0 Å². The Morgan fingerprint density at radius 2 is 1.97 bits per heavy atom. The number of thioether (sulfide) groups is 1. The number of benzene rings is 2. The average molecular weight is 555 g/mol. The molecule has 0 aliphatic carbocycles. The van der Waals surface area contributed by atoms with E-state index in [4.69, 9.17) is 21.7 Å². The number of rotatable bonds is 7. The first-order chi connectivity index (χ1) is 13.9. The van der Waals surface area contributed by atoms with Gasteiger partial charge in [0.1, 0.15) is 10.9 Å². The van der Waals surface area contributed by atoms with E-state index in [0.29, 0.717) is 33.9 Å². The normalized spacial score (nSPS) is 15.1. The number of ether oxygens (including phenoxy) is 2. The van der Waals surface area contributed by atoms with Crippen molar-refractivity contribution in [1.29, 1.82) is 0 Å². The summed E-state index contributed by atoms with van der Waals surface area (Å²) in [5, 5.41) is 0. The van der Waals surface area contributed by atoms with Gasteiger partial charge >= 0.3 is 0 Å². The third-order valence-electron chi connectivity index (χ3n) is 4.03. The van der Waals surface area contributed by atoms with Crippen LogP contribution in [0.1, 0.15) is 11.1 Å². The van der Waals surface area contributed by atoms with E-state index in [2.05, 4.69) is 38.4 Å². The third kappa shape index (κ3) is 5.31. The van der Waals surface area contributed by atoms with Crippen LogP contribution in [-0.4, -0.2) is 28.8 Å². The van der Waals surface area contributed by atoms with E-state index in [0.717, 1.165) is 20.1 Å². The van der Waals surface area contributed by atoms with Crippen LogP contribution in [0.4, 0.5) is 0 Å². The molecule has 4 nitrogen and oxygen atoms in total. The third-order valence-corrected chi connectivity index (χ3v) is 6.53. The highest BCUT2D eigenvalue weighted by Crippen LogP contribution is 2.39. The van der Waals surface area contributed by atoms with Crippen LogP contribution in [0.15, 0.2) is 62.9 Å². The molecule has 0 spiro atoms. The molecule has 0 unspecified atom stereocenters. The minimum Gasteiger partial charge on any atom is -0.493 e. The first-order valence-electron chi connectivity index (χ1n) is 8.54. The van der Waals surface area contributed by atoms with Crippen molar-refractivity contribution in [2.24, 2.45) is 0 Å². The lowest BCUT2D eigenvalue weighted by Crippen LogP contribution is -2.27. The highest BCUT2D eigenvalue weighted by Gasteiger charge is 2.31. The second-order valence-corrected chi connectivity index (χ2v) is 9.48. The van der Waals surface area contributed by atoms with Crippen molar-refractivity contribution in [1.82, 2.24) is 4.90 Å². The summed E-state index contributed by atoms with van der Waals surface area (Å²) >= 11 is 13.5. The second kappa shape index (κ2) is 9.93. The smallest absolute Gasteiger partial charge is 0.266 e. The van der Waals surface area contributed by atoms with Crippen LogP contribution in [0.5, 0.6) is 11.5 Å².